The van der Waals surface area contributed by atoms with Crippen molar-refractivity contribution in [3.05, 3.63) is 36.6 Å². The molecule has 0 unspecified atom stereocenters. The molecule has 0 spiro atoms. The van der Waals surface area contributed by atoms with Gasteiger partial charge in [-0.1, -0.05) is 12.7 Å². The van der Waals surface area contributed by atoms with Crippen LogP contribution in [0.25, 0.3) is 0 Å². The van der Waals surface area contributed by atoms with Gasteiger partial charge in [-0.05, 0) is 18.4 Å². The first-order chi connectivity index (χ1) is 4.72. The van der Waals surface area contributed by atoms with Crippen LogP contribution in [0.2, 0.25) is 0 Å². The van der Waals surface area contributed by atoms with E-state index in [0.29, 0.717) is 0 Å². The second-order valence-corrected chi connectivity index (χ2v) is 1.52. The van der Waals surface area contributed by atoms with Crippen molar-refractivity contribution in [2.45, 2.75) is 0 Å². The minimum absolute atomic E-state index is 0.127. The molecule has 0 aromatic heterocycles. The second kappa shape index (κ2) is 4.38. The predicted molar refractivity (Wildman–Crippen MR) is 39.2 cm³/mol. The van der Waals surface area contributed by atoms with Crippen LogP contribution in [-0.2, 0) is 4.79 Å². The average molecular weight is 139 g/mol. The second-order valence-electron chi connectivity index (χ2n) is 1.52. The first-order valence-corrected chi connectivity index (χ1v) is 2.66. The highest BCUT2D eigenvalue weighted by atomic mass is 16.4. The smallest absolute Gasteiger partial charge is 0.335 e. The maximum Gasteiger partial charge on any atom is 0.335 e. The zero-order valence-electron chi connectivity index (χ0n) is 5.45. The zero-order valence-corrected chi connectivity index (χ0v) is 5.45. The number of hydrogen-bond acceptors (Lipinski definition) is 2. The molecule has 0 bridgehead atoms. The predicted octanol–water partition coefficient (Wildman–Crippen LogP) is 0.656. The maximum atomic E-state index is 10.2. The molecule has 3 N–H and O–H groups in total. The highest BCUT2D eigenvalue weighted by Gasteiger charge is 1.97. The van der Waals surface area contributed by atoms with E-state index in [0.717, 1.165) is 0 Å². The lowest BCUT2D eigenvalue weighted by atomic mass is 10.2. The van der Waals surface area contributed by atoms with Crippen LogP contribution in [0.5, 0.6) is 0 Å². The van der Waals surface area contributed by atoms with Gasteiger partial charge in [0.2, 0.25) is 0 Å². The molecule has 54 valence electrons. The third-order valence-corrected chi connectivity index (χ3v) is 0.854. The molecule has 0 saturated heterocycles. The van der Waals surface area contributed by atoms with Gasteiger partial charge in [-0.2, -0.15) is 0 Å². The largest absolute Gasteiger partial charge is 0.478 e. The van der Waals surface area contributed by atoms with Crippen LogP contribution in [0.4, 0.5) is 0 Å². The summed E-state index contributed by atoms with van der Waals surface area (Å²) < 4.78 is 0. The molecule has 0 heterocycles. The van der Waals surface area contributed by atoms with Crippen LogP contribution in [0.1, 0.15) is 0 Å². The molecule has 0 amide bonds. The van der Waals surface area contributed by atoms with E-state index in [4.69, 9.17) is 10.8 Å². The van der Waals surface area contributed by atoms with Crippen molar-refractivity contribution in [2.24, 2.45) is 5.73 Å². The van der Waals surface area contributed by atoms with E-state index in [9.17, 15) is 4.79 Å². The van der Waals surface area contributed by atoms with Crippen LogP contribution in [-0.4, -0.2) is 11.1 Å². The first kappa shape index (κ1) is 8.49. The summed E-state index contributed by atoms with van der Waals surface area (Å²) >= 11 is 0. The SMILES string of the molecule is C=C/C(=C\C=C/N)C(=O)O. The summed E-state index contributed by atoms with van der Waals surface area (Å²) in [6, 6.07) is 0. The maximum absolute atomic E-state index is 10.2. The summed E-state index contributed by atoms with van der Waals surface area (Å²) in [6.45, 7) is 3.31. The lowest BCUT2D eigenvalue weighted by Gasteiger charge is -1.88. The minimum Gasteiger partial charge on any atom is -0.478 e. The molecule has 10 heavy (non-hydrogen) atoms. The molecule has 0 radical (unpaired) electrons. The molecule has 3 nitrogen and oxygen atoms in total. The fourth-order valence-electron chi connectivity index (χ4n) is 0.386. The lowest BCUT2D eigenvalue weighted by Crippen LogP contribution is -1.96. The summed E-state index contributed by atoms with van der Waals surface area (Å²) in [5.41, 5.74) is 5.11. The fraction of sp³-hybridized carbons (Fsp3) is 0. The van der Waals surface area contributed by atoms with E-state index < -0.39 is 5.97 Å². The van der Waals surface area contributed by atoms with Crippen molar-refractivity contribution >= 4 is 5.97 Å². The van der Waals surface area contributed by atoms with Gasteiger partial charge < -0.3 is 10.8 Å². The Hall–Kier alpha value is -1.51. The van der Waals surface area contributed by atoms with Crippen molar-refractivity contribution < 1.29 is 9.90 Å². The summed E-state index contributed by atoms with van der Waals surface area (Å²) in [7, 11) is 0. The number of rotatable bonds is 3. The van der Waals surface area contributed by atoms with Crippen molar-refractivity contribution in [3.63, 3.8) is 0 Å². The Morgan fingerprint density at radius 2 is 2.20 bits per heavy atom. The van der Waals surface area contributed by atoms with Crippen molar-refractivity contribution in [1.82, 2.24) is 0 Å². The van der Waals surface area contributed by atoms with Crippen LogP contribution in [0, 0.1) is 0 Å². The molecule has 0 atom stereocenters. The van der Waals surface area contributed by atoms with Crippen LogP contribution in [0.3, 0.4) is 0 Å². The van der Waals surface area contributed by atoms with Crippen molar-refractivity contribution in [2.75, 3.05) is 0 Å². The topological polar surface area (TPSA) is 63.3 Å². The van der Waals surface area contributed by atoms with Crippen molar-refractivity contribution in [3.8, 4) is 0 Å². The number of carbonyl (C=O) groups is 1. The third-order valence-electron chi connectivity index (χ3n) is 0.854. The van der Waals surface area contributed by atoms with Gasteiger partial charge >= 0.3 is 5.97 Å². The van der Waals surface area contributed by atoms with Gasteiger partial charge in [-0.3, -0.25) is 0 Å². The van der Waals surface area contributed by atoms with Crippen LogP contribution < -0.4 is 5.73 Å². The molecule has 3 heteroatoms. The molecule has 0 aromatic carbocycles. The van der Waals surface area contributed by atoms with E-state index in [1.165, 1.54) is 24.4 Å². The Bertz CT molecular complexity index is 192. The Morgan fingerprint density at radius 1 is 1.60 bits per heavy atom. The Balaban J connectivity index is 4.33. The summed E-state index contributed by atoms with van der Waals surface area (Å²) in [5, 5.41) is 8.39. The Kier molecular flexibility index (Phi) is 3.72. The van der Waals surface area contributed by atoms with E-state index in [2.05, 4.69) is 6.58 Å². The quantitative estimate of drug-likeness (QED) is 0.446. The summed E-state index contributed by atoms with van der Waals surface area (Å²) in [6.07, 6.45) is 5.31. The molecule has 0 aliphatic rings. The van der Waals surface area contributed by atoms with Gasteiger partial charge in [0, 0.05) is 0 Å². The number of allylic oxidation sites excluding steroid dienone is 2. The van der Waals surface area contributed by atoms with E-state index >= 15 is 0 Å². The van der Waals surface area contributed by atoms with Gasteiger partial charge in [0.05, 0.1) is 5.57 Å². The van der Waals surface area contributed by atoms with Crippen molar-refractivity contribution in [1.29, 1.82) is 0 Å². The molecule has 0 rings (SSSR count). The van der Waals surface area contributed by atoms with Crippen LogP contribution >= 0.6 is 0 Å². The van der Waals surface area contributed by atoms with Gasteiger partial charge in [-0.15, -0.1) is 0 Å². The summed E-state index contributed by atoms with van der Waals surface area (Å²) in [5.74, 6) is -1.01. The number of nitrogens with two attached hydrogens (primary N) is 1. The normalized spacial score (nSPS) is 11.8. The lowest BCUT2D eigenvalue weighted by molar-refractivity contribution is -0.132. The fourth-order valence-corrected chi connectivity index (χ4v) is 0.386. The molecule has 0 saturated carbocycles. The minimum atomic E-state index is -1.01. The highest BCUT2D eigenvalue weighted by Crippen LogP contribution is 1.94. The van der Waals surface area contributed by atoms with Gasteiger partial charge in [0.1, 0.15) is 0 Å². The van der Waals surface area contributed by atoms with Crippen LogP contribution in [0.15, 0.2) is 36.6 Å². The van der Waals surface area contributed by atoms with Gasteiger partial charge in [0.25, 0.3) is 0 Å². The van der Waals surface area contributed by atoms with Gasteiger partial charge in [0.15, 0.2) is 0 Å². The van der Waals surface area contributed by atoms with Gasteiger partial charge in [-0.25, -0.2) is 4.79 Å². The summed E-state index contributed by atoms with van der Waals surface area (Å²) in [4.78, 5) is 10.2. The number of aliphatic carboxylic acids is 1. The molecular weight excluding hydrogens is 130 g/mol. The van der Waals surface area contributed by atoms with E-state index in [-0.39, 0.29) is 5.57 Å². The third kappa shape index (κ3) is 2.71. The molecule has 0 fully saturated rings. The Labute approximate surface area is 59.2 Å². The Morgan fingerprint density at radius 3 is 2.50 bits per heavy atom. The molecule has 0 aliphatic carbocycles. The number of carboxylic acids is 1. The molecule has 0 aliphatic heterocycles. The number of carboxylic acid groups (broad SMARTS) is 1. The monoisotopic (exact) mass is 139 g/mol. The average Bonchev–Trinajstić information content (AvgIpc) is 1.89. The zero-order chi connectivity index (χ0) is 7.98. The standard InChI is InChI=1S/C7H9NO2/c1-2-6(7(9)10)4-3-5-8/h2-5H,1,8H2,(H,9,10)/b5-3-,6-4+. The van der Waals surface area contributed by atoms with E-state index in [1.54, 1.807) is 0 Å². The highest BCUT2D eigenvalue weighted by molar-refractivity contribution is 5.89. The van der Waals surface area contributed by atoms with E-state index in [1.807, 2.05) is 0 Å². The molecular formula is C7H9NO2. The first-order valence-electron chi connectivity index (χ1n) is 2.66. The molecule has 0 aromatic rings. The number of hydrogen-bond donors (Lipinski definition) is 2.